The van der Waals surface area contributed by atoms with Gasteiger partial charge in [0.2, 0.25) is 10.0 Å². The van der Waals surface area contributed by atoms with Crippen molar-refractivity contribution in [3.8, 4) is 0 Å². The van der Waals surface area contributed by atoms with Crippen molar-refractivity contribution < 1.29 is 21.6 Å². The maximum Gasteiger partial charge on any atom is 0.405 e. The molecular formula is C11H16F3N3O2S. The predicted octanol–water partition coefficient (Wildman–Crippen LogP) is 1.61. The summed E-state index contributed by atoms with van der Waals surface area (Å²) in [6, 6.07) is 2.44. The molecule has 0 radical (unpaired) electrons. The van der Waals surface area contributed by atoms with Gasteiger partial charge in [-0.05, 0) is 31.5 Å². The SMILES string of the molecule is CCN(CC(F)(F)F)c1cc(N)cc(S(N)(=O)=O)c1C. The van der Waals surface area contributed by atoms with Crippen LogP contribution in [0, 0.1) is 6.92 Å². The standard InChI is InChI=1S/C11H16F3N3O2S/c1-3-17(6-11(12,13)14)9-4-8(15)5-10(7(9)2)20(16,18)19/h4-5H,3,6,15H2,1-2H3,(H2,16,18,19). The smallest absolute Gasteiger partial charge is 0.399 e. The molecule has 0 aliphatic carbocycles. The highest BCUT2D eigenvalue weighted by Gasteiger charge is 2.31. The predicted molar refractivity (Wildman–Crippen MR) is 70.9 cm³/mol. The fourth-order valence-corrected chi connectivity index (χ4v) is 2.73. The van der Waals surface area contributed by atoms with Crippen LogP contribution >= 0.6 is 0 Å². The van der Waals surface area contributed by atoms with Crippen molar-refractivity contribution in [1.82, 2.24) is 0 Å². The lowest BCUT2D eigenvalue weighted by atomic mass is 10.1. The van der Waals surface area contributed by atoms with E-state index in [0.717, 1.165) is 11.0 Å². The van der Waals surface area contributed by atoms with Crippen molar-refractivity contribution in [2.24, 2.45) is 5.14 Å². The quantitative estimate of drug-likeness (QED) is 0.827. The molecule has 0 atom stereocenters. The van der Waals surface area contributed by atoms with Crippen LogP contribution in [0.15, 0.2) is 17.0 Å². The van der Waals surface area contributed by atoms with Crippen molar-refractivity contribution in [2.75, 3.05) is 23.7 Å². The normalized spacial score (nSPS) is 12.5. The summed E-state index contributed by atoms with van der Waals surface area (Å²) in [7, 11) is -4.05. The van der Waals surface area contributed by atoms with E-state index >= 15 is 0 Å². The second-order valence-corrected chi connectivity index (χ2v) is 5.87. The minimum atomic E-state index is -4.41. The third-order valence-electron chi connectivity index (χ3n) is 2.75. The van der Waals surface area contributed by atoms with Gasteiger partial charge in [0.15, 0.2) is 0 Å². The maximum absolute atomic E-state index is 12.5. The van der Waals surface area contributed by atoms with Crippen molar-refractivity contribution >= 4 is 21.4 Å². The van der Waals surface area contributed by atoms with Crippen molar-refractivity contribution in [2.45, 2.75) is 24.9 Å². The van der Waals surface area contributed by atoms with Gasteiger partial charge in [-0.1, -0.05) is 0 Å². The highest BCUT2D eigenvalue weighted by atomic mass is 32.2. The summed E-state index contributed by atoms with van der Waals surface area (Å²) in [4.78, 5) is 0.730. The Kier molecular flexibility index (Phi) is 4.55. The summed E-state index contributed by atoms with van der Waals surface area (Å²) in [6.45, 7) is 1.78. The van der Waals surface area contributed by atoms with Crippen LogP contribution in [0.5, 0.6) is 0 Å². The van der Waals surface area contributed by atoms with Gasteiger partial charge in [-0.3, -0.25) is 0 Å². The first kappa shape index (κ1) is 16.6. The Labute approximate surface area is 115 Å². The molecule has 20 heavy (non-hydrogen) atoms. The number of primary sulfonamides is 1. The van der Waals surface area contributed by atoms with Crippen LogP contribution in [0.2, 0.25) is 0 Å². The lowest BCUT2D eigenvalue weighted by Crippen LogP contribution is -2.35. The van der Waals surface area contributed by atoms with E-state index < -0.39 is 22.7 Å². The molecule has 5 nitrogen and oxygen atoms in total. The Bertz CT molecular complexity index is 600. The average molecular weight is 311 g/mol. The van der Waals surface area contributed by atoms with Gasteiger partial charge in [0, 0.05) is 17.9 Å². The second kappa shape index (κ2) is 5.49. The number of hydrogen-bond donors (Lipinski definition) is 2. The third-order valence-corrected chi connectivity index (χ3v) is 3.79. The molecule has 1 aromatic carbocycles. The van der Waals surface area contributed by atoms with E-state index in [9.17, 15) is 21.6 Å². The largest absolute Gasteiger partial charge is 0.405 e. The minimum Gasteiger partial charge on any atom is -0.399 e. The van der Waals surface area contributed by atoms with Crippen LogP contribution in [-0.4, -0.2) is 27.7 Å². The molecule has 0 saturated carbocycles. The maximum atomic E-state index is 12.5. The molecule has 1 aromatic rings. The molecule has 0 aromatic heterocycles. The molecule has 0 aliphatic heterocycles. The summed E-state index contributed by atoms with van der Waals surface area (Å²) in [6.07, 6.45) is -4.41. The molecule has 1 rings (SSSR count). The Morgan fingerprint density at radius 1 is 1.30 bits per heavy atom. The van der Waals surface area contributed by atoms with E-state index in [4.69, 9.17) is 10.9 Å². The van der Waals surface area contributed by atoms with Crippen LogP contribution < -0.4 is 15.8 Å². The lowest BCUT2D eigenvalue weighted by Gasteiger charge is -2.27. The molecule has 0 unspecified atom stereocenters. The van der Waals surface area contributed by atoms with Crippen LogP contribution in [0.4, 0.5) is 24.5 Å². The molecule has 0 heterocycles. The van der Waals surface area contributed by atoms with E-state index in [1.165, 1.54) is 19.9 Å². The van der Waals surface area contributed by atoms with Crippen LogP contribution in [0.3, 0.4) is 0 Å². The number of alkyl halides is 3. The Balaban J connectivity index is 3.41. The fourth-order valence-electron chi connectivity index (χ4n) is 1.90. The number of anilines is 2. The summed E-state index contributed by atoms with van der Waals surface area (Å²) < 4.78 is 60.5. The van der Waals surface area contributed by atoms with E-state index in [2.05, 4.69) is 0 Å². The minimum absolute atomic E-state index is 0.0373. The molecule has 0 bridgehead atoms. The number of sulfonamides is 1. The Hall–Kier alpha value is -1.48. The van der Waals surface area contributed by atoms with E-state index in [1.807, 2.05) is 0 Å². The second-order valence-electron chi connectivity index (χ2n) is 4.34. The zero-order chi connectivity index (χ0) is 15.7. The highest BCUT2D eigenvalue weighted by molar-refractivity contribution is 7.89. The summed E-state index contributed by atoms with van der Waals surface area (Å²) in [5.74, 6) is 0. The molecule has 0 aliphatic rings. The van der Waals surface area contributed by atoms with Gasteiger partial charge in [-0.15, -0.1) is 0 Å². The van der Waals surface area contributed by atoms with Crippen molar-refractivity contribution in [1.29, 1.82) is 0 Å². The molecule has 114 valence electrons. The van der Waals surface area contributed by atoms with Crippen LogP contribution in [-0.2, 0) is 10.0 Å². The van der Waals surface area contributed by atoms with Crippen molar-refractivity contribution in [3.63, 3.8) is 0 Å². The third kappa shape index (κ3) is 4.01. The van der Waals surface area contributed by atoms with E-state index in [1.54, 1.807) is 0 Å². The molecule has 0 saturated heterocycles. The summed E-state index contributed by atoms with van der Waals surface area (Å²) in [5.41, 5.74) is 5.84. The number of halogens is 3. The van der Waals surface area contributed by atoms with Crippen LogP contribution in [0.25, 0.3) is 0 Å². The molecule has 0 spiro atoms. The van der Waals surface area contributed by atoms with E-state index in [-0.39, 0.29) is 28.4 Å². The van der Waals surface area contributed by atoms with E-state index in [0.29, 0.717) is 0 Å². The molecule has 9 heteroatoms. The summed E-state index contributed by atoms with van der Waals surface area (Å²) in [5, 5.41) is 5.04. The van der Waals surface area contributed by atoms with Gasteiger partial charge in [-0.2, -0.15) is 13.2 Å². The fraction of sp³-hybridized carbons (Fsp3) is 0.455. The van der Waals surface area contributed by atoms with Gasteiger partial charge in [0.1, 0.15) is 6.54 Å². The zero-order valence-electron chi connectivity index (χ0n) is 11.0. The monoisotopic (exact) mass is 311 g/mol. The van der Waals surface area contributed by atoms with Gasteiger partial charge in [-0.25, -0.2) is 13.6 Å². The first-order valence-electron chi connectivity index (χ1n) is 5.70. The first-order chi connectivity index (χ1) is 8.95. The average Bonchev–Trinajstić information content (AvgIpc) is 2.26. The van der Waals surface area contributed by atoms with Gasteiger partial charge in [0.25, 0.3) is 0 Å². The van der Waals surface area contributed by atoms with Crippen LogP contribution in [0.1, 0.15) is 12.5 Å². The number of hydrogen-bond acceptors (Lipinski definition) is 4. The highest BCUT2D eigenvalue weighted by Crippen LogP contribution is 2.31. The molecule has 4 N–H and O–H groups in total. The number of nitrogens with zero attached hydrogens (tertiary/aromatic N) is 1. The van der Waals surface area contributed by atoms with Gasteiger partial charge in [0.05, 0.1) is 4.90 Å². The first-order valence-corrected chi connectivity index (χ1v) is 7.25. The topological polar surface area (TPSA) is 89.4 Å². The number of nitrogen functional groups attached to an aromatic ring is 1. The Morgan fingerprint density at radius 2 is 1.85 bits per heavy atom. The lowest BCUT2D eigenvalue weighted by molar-refractivity contribution is -0.119. The number of benzene rings is 1. The van der Waals surface area contributed by atoms with Crippen molar-refractivity contribution in [3.05, 3.63) is 17.7 Å². The molecule has 0 amide bonds. The Morgan fingerprint density at radius 3 is 2.25 bits per heavy atom. The zero-order valence-corrected chi connectivity index (χ0v) is 11.8. The summed E-state index contributed by atoms with van der Waals surface area (Å²) >= 11 is 0. The number of nitrogens with two attached hydrogens (primary N) is 2. The molecular weight excluding hydrogens is 295 g/mol. The number of rotatable bonds is 4. The van der Waals surface area contributed by atoms with Gasteiger partial charge < -0.3 is 10.6 Å². The van der Waals surface area contributed by atoms with Gasteiger partial charge >= 0.3 is 6.18 Å². The molecule has 0 fully saturated rings.